The highest BCUT2D eigenvalue weighted by molar-refractivity contribution is 9.11. The number of carbonyl (C=O) groups is 1. The zero-order valence-electron chi connectivity index (χ0n) is 15.0. The number of anilines is 2. The number of rotatable bonds is 3. The zero-order valence-corrected chi connectivity index (χ0v) is 18.2. The Morgan fingerprint density at radius 1 is 1.00 bits per heavy atom. The molecule has 0 radical (unpaired) electrons. The number of nitrogens with one attached hydrogen (secondary N) is 1. The summed E-state index contributed by atoms with van der Waals surface area (Å²) < 4.78 is 1.79. The third-order valence-electron chi connectivity index (χ3n) is 4.65. The van der Waals surface area contributed by atoms with Gasteiger partial charge in [0.25, 0.3) is 0 Å². The fourth-order valence-electron chi connectivity index (χ4n) is 3.04. The van der Waals surface area contributed by atoms with Crippen LogP contribution in [0.25, 0.3) is 0 Å². The highest BCUT2D eigenvalue weighted by Gasteiger charge is 2.22. The van der Waals surface area contributed by atoms with Gasteiger partial charge in [-0.25, -0.2) is 4.79 Å². The predicted molar refractivity (Wildman–Crippen MR) is 115 cm³/mol. The van der Waals surface area contributed by atoms with E-state index in [1.807, 2.05) is 23.1 Å². The molecule has 0 saturated carbocycles. The van der Waals surface area contributed by atoms with Gasteiger partial charge in [-0.2, -0.15) is 0 Å². The molecule has 26 heavy (non-hydrogen) atoms. The molecule has 0 atom stereocenters. The van der Waals surface area contributed by atoms with Gasteiger partial charge in [0.05, 0.1) is 5.69 Å². The second-order valence-electron chi connectivity index (χ2n) is 6.75. The zero-order chi connectivity index (χ0) is 18.7. The number of piperazine rings is 1. The summed E-state index contributed by atoms with van der Waals surface area (Å²) in [5.74, 6) is 0.429. The number of hydrogen-bond acceptors (Lipinski definition) is 2. The molecule has 1 N–H and O–H groups in total. The van der Waals surface area contributed by atoms with Crippen molar-refractivity contribution >= 4 is 49.3 Å². The molecule has 0 unspecified atom stereocenters. The maximum absolute atomic E-state index is 12.7. The lowest BCUT2D eigenvalue weighted by atomic mass is 10.0. The lowest BCUT2D eigenvalue weighted by Crippen LogP contribution is -2.50. The first-order chi connectivity index (χ1) is 12.5. The summed E-state index contributed by atoms with van der Waals surface area (Å²) in [7, 11) is 0. The van der Waals surface area contributed by atoms with Crippen molar-refractivity contribution in [2.24, 2.45) is 0 Å². The molecule has 138 valence electrons. The van der Waals surface area contributed by atoms with Crippen molar-refractivity contribution in [3.8, 4) is 0 Å². The maximum Gasteiger partial charge on any atom is 0.322 e. The van der Waals surface area contributed by atoms with Crippen LogP contribution in [0.5, 0.6) is 0 Å². The quantitative estimate of drug-likeness (QED) is 0.612. The number of carbonyl (C=O) groups excluding carboxylic acids is 1. The SMILES string of the molecule is CC(C)c1cc(Br)c(NC(=O)N2CCN(c3ccccc3)CC2)c(Br)c1. The first kappa shape index (κ1) is 19.2. The Balaban J connectivity index is 1.63. The van der Waals surface area contributed by atoms with E-state index in [0.717, 1.165) is 27.7 Å². The van der Waals surface area contributed by atoms with E-state index in [1.165, 1.54) is 11.3 Å². The Bertz CT molecular complexity index is 749. The largest absolute Gasteiger partial charge is 0.368 e. The third kappa shape index (κ3) is 4.41. The summed E-state index contributed by atoms with van der Waals surface area (Å²) in [6.45, 7) is 7.40. The van der Waals surface area contributed by atoms with Gasteiger partial charge in [0.1, 0.15) is 0 Å². The Kier molecular flexibility index (Phi) is 6.24. The van der Waals surface area contributed by atoms with Gasteiger partial charge in [0.15, 0.2) is 0 Å². The lowest BCUT2D eigenvalue weighted by molar-refractivity contribution is 0.208. The summed E-state index contributed by atoms with van der Waals surface area (Å²) in [5, 5.41) is 3.04. The average molecular weight is 481 g/mol. The lowest BCUT2D eigenvalue weighted by Gasteiger charge is -2.36. The number of urea groups is 1. The van der Waals surface area contributed by atoms with E-state index < -0.39 is 0 Å². The Labute approximate surface area is 171 Å². The van der Waals surface area contributed by atoms with Gasteiger partial charge in [-0.05, 0) is 67.6 Å². The molecule has 4 nitrogen and oxygen atoms in total. The van der Waals surface area contributed by atoms with Crippen LogP contribution in [-0.4, -0.2) is 37.1 Å². The van der Waals surface area contributed by atoms with Gasteiger partial charge >= 0.3 is 6.03 Å². The third-order valence-corrected chi connectivity index (χ3v) is 5.90. The van der Waals surface area contributed by atoms with Gasteiger partial charge in [0.2, 0.25) is 0 Å². The van der Waals surface area contributed by atoms with Crippen LogP contribution in [0.2, 0.25) is 0 Å². The molecule has 2 amide bonds. The van der Waals surface area contributed by atoms with Crippen LogP contribution in [-0.2, 0) is 0 Å². The minimum Gasteiger partial charge on any atom is -0.368 e. The first-order valence-corrected chi connectivity index (χ1v) is 10.4. The topological polar surface area (TPSA) is 35.6 Å². The molecule has 6 heteroatoms. The number of hydrogen-bond donors (Lipinski definition) is 1. The van der Waals surface area contributed by atoms with Crippen LogP contribution in [0.3, 0.4) is 0 Å². The Morgan fingerprint density at radius 2 is 1.58 bits per heavy atom. The number of halogens is 2. The second-order valence-corrected chi connectivity index (χ2v) is 8.46. The molecule has 1 saturated heterocycles. The molecule has 2 aromatic rings. The normalized spacial score (nSPS) is 14.7. The first-order valence-electron chi connectivity index (χ1n) is 8.80. The number of nitrogens with zero attached hydrogens (tertiary/aromatic N) is 2. The van der Waals surface area contributed by atoms with Crippen molar-refractivity contribution in [1.29, 1.82) is 0 Å². The summed E-state index contributed by atoms with van der Waals surface area (Å²) in [6.07, 6.45) is 0. The molecular weight excluding hydrogens is 458 g/mol. The van der Waals surface area contributed by atoms with Gasteiger partial charge in [-0.1, -0.05) is 32.0 Å². The number of benzene rings is 2. The van der Waals surface area contributed by atoms with E-state index in [1.54, 1.807) is 0 Å². The van der Waals surface area contributed by atoms with E-state index >= 15 is 0 Å². The fourth-order valence-corrected chi connectivity index (χ4v) is 4.46. The van der Waals surface area contributed by atoms with Crippen LogP contribution < -0.4 is 10.2 Å². The van der Waals surface area contributed by atoms with Crippen molar-refractivity contribution in [3.05, 3.63) is 57.0 Å². The van der Waals surface area contributed by atoms with Crippen LogP contribution in [0.1, 0.15) is 25.3 Å². The fraction of sp³-hybridized carbons (Fsp3) is 0.350. The molecule has 1 fully saturated rings. The smallest absolute Gasteiger partial charge is 0.322 e. The number of amides is 2. The van der Waals surface area contributed by atoms with E-state index in [4.69, 9.17) is 0 Å². The molecule has 3 rings (SSSR count). The molecule has 0 aliphatic carbocycles. The minimum atomic E-state index is -0.0589. The van der Waals surface area contributed by atoms with Crippen molar-refractivity contribution in [2.75, 3.05) is 36.4 Å². The van der Waals surface area contributed by atoms with Crippen molar-refractivity contribution in [1.82, 2.24) is 4.90 Å². The van der Waals surface area contributed by atoms with E-state index in [-0.39, 0.29) is 6.03 Å². The standard InChI is InChI=1S/C20H23Br2N3O/c1-14(2)15-12-17(21)19(18(22)13-15)23-20(26)25-10-8-24(9-11-25)16-6-4-3-5-7-16/h3-7,12-14H,8-11H2,1-2H3,(H,23,26). The Morgan fingerprint density at radius 3 is 2.12 bits per heavy atom. The molecule has 0 bridgehead atoms. The summed E-state index contributed by atoms with van der Waals surface area (Å²) in [6, 6.07) is 14.4. The second kappa shape index (κ2) is 8.44. The molecule has 1 aliphatic heterocycles. The average Bonchev–Trinajstić information content (AvgIpc) is 2.65. The minimum absolute atomic E-state index is 0.0589. The van der Waals surface area contributed by atoms with E-state index in [2.05, 4.69) is 80.2 Å². The molecule has 1 aliphatic rings. The van der Waals surface area contributed by atoms with Crippen LogP contribution in [0.4, 0.5) is 16.2 Å². The van der Waals surface area contributed by atoms with Crippen molar-refractivity contribution in [2.45, 2.75) is 19.8 Å². The highest BCUT2D eigenvalue weighted by Crippen LogP contribution is 2.35. The van der Waals surface area contributed by atoms with E-state index in [9.17, 15) is 4.79 Å². The van der Waals surface area contributed by atoms with Gasteiger partial charge in [-0.3, -0.25) is 0 Å². The van der Waals surface area contributed by atoms with E-state index in [0.29, 0.717) is 19.0 Å². The monoisotopic (exact) mass is 479 g/mol. The van der Waals surface area contributed by atoms with Crippen LogP contribution >= 0.6 is 31.9 Å². The van der Waals surface area contributed by atoms with Crippen molar-refractivity contribution in [3.63, 3.8) is 0 Å². The summed E-state index contributed by atoms with van der Waals surface area (Å²) in [5.41, 5.74) is 3.21. The Hall–Kier alpha value is -1.53. The maximum atomic E-state index is 12.7. The molecule has 2 aromatic carbocycles. The van der Waals surface area contributed by atoms with Gasteiger partial charge in [0, 0.05) is 40.8 Å². The predicted octanol–water partition coefficient (Wildman–Crippen LogP) is 5.69. The number of para-hydroxylation sites is 1. The van der Waals surface area contributed by atoms with Crippen LogP contribution in [0, 0.1) is 0 Å². The van der Waals surface area contributed by atoms with Gasteiger partial charge in [-0.15, -0.1) is 0 Å². The molecule has 0 spiro atoms. The van der Waals surface area contributed by atoms with Crippen molar-refractivity contribution < 1.29 is 4.79 Å². The van der Waals surface area contributed by atoms with Gasteiger partial charge < -0.3 is 15.1 Å². The molecule has 0 aromatic heterocycles. The molecule has 1 heterocycles. The van der Waals surface area contributed by atoms with Crippen LogP contribution in [0.15, 0.2) is 51.4 Å². The summed E-state index contributed by atoms with van der Waals surface area (Å²) >= 11 is 7.17. The summed E-state index contributed by atoms with van der Waals surface area (Å²) in [4.78, 5) is 16.9. The highest BCUT2D eigenvalue weighted by atomic mass is 79.9. The molecular formula is C20H23Br2N3O.